The number of carbonyl (C=O) groups is 1. The van der Waals surface area contributed by atoms with E-state index in [1.807, 2.05) is 30.3 Å². The van der Waals surface area contributed by atoms with Gasteiger partial charge in [0, 0.05) is 22.4 Å². The summed E-state index contributed by atoms with van der Waals surface area (Å²) in [4.78, 5) is 24.0. The van der Waals surface area contributed by atoms with Gasteiger partial charge in [0.25, 0.3) is 0 Å². The highest BCUT2D eigenvalue weighted by atomic mass is 19.1. The van der Waals surface area contributed by atoms with Crippen LogP contribution in [0.25, 0.3) is 38.9 Å². The maximum absolute atomic E-state index is 14.6. The Hall–Kier alpha value is -4.27. The Labute approximate surface area is 199 Å². The lowest BCUT2D eigenvalue weighted by atomic mass is 9.82. The van der Waals surface area contributed by atoms with Gasteiger partial charge in [0.15, 0.2) is 5.82 Å². The number of aromatic nitrogens is 5. The summed E-state index contributed by atoms with van der Waals surface area (Å²) in [5.41, 5.74) is 10.3. The van der Waals surface area contributed by atoms with Gasteiger partial charge in [-0.05, 0) is 37.8 Å². The third kappa shape index (κ3) is 3.51. The second kappa shape index (κ2) is 8.19. The molecule has 0 saturated heterocycles. The molecule has 35 heavy (non-hydrogen) atoms. The summed E-state index contributed by atoms with van der Waals surface area (Å²) >= 11 is 0. The number of imidazole rings is 1. The van der Waals surface area contributed by atoms with E-state index in [2.05, 4.69) is 15.1 Å². The number of nitrogens with zero attached hydrogens (tertiary/aromatic N) is 4. The first-order chi connectivity index (χ1) is 17.0. The summed E-state index contributed by atoms with van der Waals surface area (Å²) in [5.74, 6) is -0.226. The lowest BCUT2D eigenvalue weighted by Gasteiger charge is -2.24. The maximum Gasteiger partial charge on any atom is 0.306 e. The predicted molar refractivity (Wildman–Crippen MR) is 130 cm³/mol. The van der Waals surface area contributed by atoms with Crippen LogP contribution in [0.15, 0.2) is 54.9 Å². The summed E-state index contributed by atoms with van der Waals surface area (Å²) in [6.45, 7) is 0. The first-order valence-corrected chi connectivity index (χ1v) is 11.6. The number of nitrogens with one attached hydrogen (secondary N) is 1. The Morgan fingerprint density at radius 2 is 1.86 bits per heavy atom. The normalized spacial score (nSPS) is 18.3. The molecule has 6 rings (SSSR count). The van der Waals surface area contributed by atoms with Crippen molar-refractivity contribution in [2.24, 2.45) is 5.92 Å². The minimum absolute atomic E-state index is 0.0690. The fourth-order valence-electron chi connectivity index (χ4n) is 5.22. The van der Waals surface area contributed by atoms with Gasteiger partial charge in [-0.1, -0.05) is 36.4 Å². The molecule has 0 atom stereocenters. The summed E-state index contributed by atoms with van der Waals surface area (Å²) in [5, 5.41) is 14.7. The van der Waals surface area contributed by atoms with E-state index in [-0.39, 0.29) is 17.7 Å². The molecule has 1 fully saturated rings. The van der Waals surface area contributed by atoms with Gasteiger partial charge >= 0.3 is 5.97 Å². The number of aromatic amines is 1. The molecule has 0 amide bonds. The van der Waals surface area contributed by atoms with Gasteiger partial charge in [-0.2, -0.15) is 5.10 Å². The van der Waals surface area contributed by atoms with Crippen LogP contribution in [0.1, 0.15) is 37.4 Å². The molecule has 0 spiro atoms. The average Bonchev–Trinajstić information content (AvgIpc) is 3.47. The van der Waals surface area contributed by atoms with Crippen LogP contribution in [0.3, 0.4) is 0 Å². The molecular formula is C26H23FN6O2. The van der Waals surface area contributed by atoms with Crippen LogP contribution < -0.4 is 5.73 Å². The number of para-hydroxylation sites is 1. The Kier molecular flexibility index (Phi) is 4.98. The third-order valence-electron chi connectivity index (χ3n) is 7.00. The zero-order valence-electron chi connectivity index (χ0n) is 18.8. The molecule has 8 nitrogen and oxygen atoms in total. The molecule has 0 unspecified atom stereocenters. The summed E-state index contributed by atoms with van der Waals surface area (Å²) < 4.78 is 16.3. The molecule has 5 aromatic rings. The van der Waals surface area contributed by atoms with Crippen LogP contribution in [0, 0.1) is 11.7 Å². The van der Waals surface area contributed by atoms with E-state index in [0.29, 0.717) is 48.3 Å². The van der Waals surface area contributed by atoms with Crippen molar-refractivity contribution in [3.63, 3.8) is 0 Å². The van der Waals surface area contributed by atoms with Crippen LogP contribution in [-0.4, -0.2) is 35.6 Å². The fraction of sp³-hybridized carbons (Fsp3) is 0.231. The van der Waals surface area contributed by atoms with Gasteiger partial charge in [0.1, 0.15) is 29.2 Å². The maximum atomic E-state index is 14.6. The second-order valence-electron chi connectivity index (χ2n) is 9.04. The van der Waals surface area contributed by atoms with E-state index in [1.54, 1.807) is 16.6 Å². The number of aliphatic carboxylic acids is 1. The van der Waals surface area contributed by atoms with E-state index in [4.69, 9.17) is 10.7 Å². The Morgan fingerprint density at radius 1 is 1.09 bits per heavy atom. The highest BCUT2D eigenvalue weighted by Crippen LogP contribution is 2.39. The van der Waals surface area contributed by atoms with Gasteiger partial charge in [-0.3, -0.25) is 4.79 Å². The summed E-state index contributed by atoms with van der Waals surface area (Å²) in [6, 6.07) is 14.4. The molecule has 0 radical (unpaired) electrons. The molecular weight excluding hydrogens is 447 g/mol. The second-order valence-corrected chi connectivity index (χ2v) is 9.04. The molecule has 1 aliphatic rings. The summed E-state index contributed by atoms with van der Waals surface area (Å²) in [7, 11) is 0. The standard InChI is InChI=1S/C26H23FN6O2/c27-19-7-2-1-5-17(19)18-6-3-4-16-12-20(31-21(16)18)22-23-24(28)29-13-30-33(23)25(32-22)14-8-10-15(11-9-14)26(34)35/h1-7,12-15,31H,8-11H2,(H,34,35)(H2,28,29,30)/t14-,15-. The van der Waals surface area contributed by atoms with E-state index in [9.17, 15) is 14.3 Å². The summed E-state index contributed by atoms with van der Waals surface area (Å²) in [6.07, 6.45) is 4.03. The van der Waals surface area contributed by atoms with Crippen molar-refractivity contribution < 1.29 is 14.3 Å². The number of H-pyrrole nitrogens is 1. The number of benzene rings is 2. The SMILES string of the molecule is Nc1ncnn2c1c(-c1cc3cccc(-c4ccccc4F)c3[nH]1)nc2[C@H]1CC[C@H](C(=O)O)CC1. The largest absolute Gasteiger partial charge is 0.481 e. The Balaban J connectivity index is 1.48. The zero-order chi connectivity index (χ0) is 24.1. The van der Waals surface area contributed by atoms with E-state index in [0.717, 1.165) is 28.0 Å². The van der Waals surface area contributed by atoms with Gasteiger partial charge in [0.2, 0.25) is 0 Å². The molecule has 3 heterocycles. The van der Waals surface area contributed by atoms with Crippen molar-refractivity contribution in [2.45, 2.75) is 31.6 Å². The van der Waals surface area contributed by atoms with Gasteiger partial charge in [0.05, 0.1) is 17.1 Å². The van der Waals surface area contributed by atoms with Crippen LogP contribution in [0.2, 0.25) is 0 Å². The fourth-order valence-corrected chi connectivity index (χ4v) is 5.22. The Morgan fingerprint density at radius 3 is 2.63 bits per heavy atom. The number of hydrogen-bond donors (Lipinski definition) is 3. The molecule has 0 aliphatic heterocycles. The topological polar surface area (TPSA) is 122 Å². The van der Waals surface area contributed by atoms with Gasteiger partial charge in [-0.25, -0.2) is 18.9 Å². The predicted octanol–water partition coefficient (Wildman–Crippen LogP) is 5.02. The number of carboxylic acid groups (broad SMARTS) is 1. The number of rotatable bonds is 4. The van der Waals surface area contributed by atoms with Crippen molar-refractivity contribution in [2.75, 3.05) is 5.73 Å². The molecule has 1 aliphatic carbocycles. The van der Waals surface area contributed by atoms with Gasteiger partial charge < -0.3 is 15.8 Å². The molecule has 3 aromatic heterocycles. The number of nitrogens with two attached hydrogens (primary N) is 1. The van der Waals surface area contributed by atoms with Crippen molar-refractivity contribution in [3.8, 4) is 22.5 Å². The molecule has 176 valence electrons. The molecule has 4 N–H and O–H groups in total. The van der Waals surface area contributed by atoms with Crippen molar-refractivity contribution >= 4 is 28.2 Å². The lowest BCUT2D eigenvalue weighted by Crippen LogP contribution is -2.21. The van der Waals surface area contributed by atoms with Crippen LogP contribution in [-0.2, 0) is 4.79 Å². The number of carboxylic acids is 1. The molecule has 9 heteroatoms. The quantitative estimate of drug-likeness (QED) is 0.339. The Bertz CT molecular complexity index is 1580. The van der Waals surface area contributed by atoms with Crippen LogP contribution in [0.4, 0.5) is 10.2 Å². The first kappa shape index (κ1) is 21.3. The average molecular weight is 471 g/mol. The smallest absolute Gasteiger partial charge is 0.306 e. The monoisotopic (exact) mass is 470 g/mol. The van der Waals surface area contributed by atoms with Crippen molar-refractivity contribution in [1.29, 1.82) is 0 Å². The van der Waals surface area contributed by atoms with E-state index in [1.165, 1.54) is 12.4 Å². The number of halogens is 1. The zero-order valence-corrected chi connectivity index (χ0v) is 18.8. The highest BCUT2D eigenvalue weighted by Gasteiger charge is 2.31. The number of hydrogen-bond acceptors (Lipinski definition) is 5. The van der Waals surface area contributed by atoms with Crippen LogP contribution in [0.5, 0.6) is 0 Å². The van der Waals surface area contributed by atoms with Gasteiger partial charge in [-0.15, -0.1) is 0 Å². The molecule has 1 saturated carbocycles. The molecule has 2 aromatic carbocycles. The van der Waals surface area contributed by atoms with Crippen LogP contribution >= 0.6 is 0 Å². The minimum Gasteiger partial charge on any atom is -0.481 e. The van der Waals surface area contributed by atoms with Crippen molar-refractivity contribution in [1.82, 2.24) is 24.6 Å². The number of anilines is 1. The highest BCUT2D eigenvalue weighted by molar-refractivity contribution is 5.98. The minimum atomic E-state index is -0.743. The third-order valence-corrected chi connectivity index (χ3v) is 7.00. The molecule has 0 bridgehead atoms. The lowest BCUT2D eigenvalue weighted by molar-refractivity contribution is -0.142. The first-order valence-electron chi connectivity index (χ1n) is 11.6. The van der Waals surface area contributed by atoms with E-state index >= 15 is 0 Å². The van der Waals surface area contributed by atoms with E-state index < -0.39 is 5.97 Å². The number of nitrogen functional groups attached to an aromatic ring is 1. The van der Waals surface area contributed by atoms with Crippen molar-refractivity contribution in [3.05, 3.63) is 66.5 Å². The number of fused-ring (bicyclic) bond motifs is 2.